The van der Waals surface area contributed by atoms with Gasteiger partial charge in [-0.1, -0.05) is 20.3 Å². The number of aliphatic imine (C=N–C) groups is 1. The maximum Gasteiger partial charge on any atom is 0.357 e. The van der Waals surface area contributed by atoms with Gasteiger partial charge in [0.15, 0.2) is 0 Å². The van der Waals surface area contributed by atoms with Crippen LogP contribution in [0.25, 0.3) is 0 Å². The van der Waals surface area contributed by atoms with Crippen LogP contribution >= 0.6 is 23.5 Å². The van der Waals surface area contributed by atoms with Crippen LogP contribution < -0.4 is 26.6 Å². The van der Waals surface area contributed by atoms with Crippen molar-refractivity contribution in [2.45, 2.75) is 56.2 Å². The molecular formula is C18H35N6O2S2+3. The van der Waals surface area contributed by atoms with Crippen molar-refractivity contribution in [3.8, 4) is 0 Å². The largest absolute Gasteiger partial charge is 0.357 e. The molecule has 0 bridgehead atoms. The Hall–Kier alpha value is -1.07. The minimum absolute atomic E-state index is 0.0378. The molecule has 0 saturated carbocycles. The molecule has 0 spiro atoms. The number of allylic oxidation sites excluding steroid dienone is 1. The number of hydrogen-bond acceptors (Lipinski definition) is 5. The van der Waals surface area contributed by atoms with E-state index in [1.807, 2.05) is 12.5 Å². The number of amides is 2. The van der Waals surface area contributed by atoms with E-state index < -0.39 is 10.2 Å². The molecule has 0 radical (unpaired) electrons. The van der Waals surface area contributed by atoms with E-state index in [9.17, 15) is 9.59 Å². The Bertz CT molecular complexity index is 642. The van der Waals surface area contributed by atoms with Gasteiger partial charge in [-0.25, -0.2) is 15.6 Å². The lowest BCUT2D eigenvalue weighted by Crippen LogP contribution is -3.23. The third kappa shape index (κ3) is 6.21. The Morgan fingerprint density at radius 2 is 1.82 bits per heavy atom. The van der Waals surface area contributed by atoms with E-state index in [0.29, 0.717) is 12.8 Å². The lowest BCUT2D eigenvalue weighted by Gasteiger charge is -2.33. The molecule has 0 aromatic carbocycles. The molecule has 2 heterocycles. The maximum atomic E-state index is 12.2. The first-order valence-electron chi connectivity index (χ1n) is 9.93. The third-order valence-electron chi connectivity index (χ3n) is 4.80. The highest BCUT2D eigenvalue weighted by Crippen LogP contribution is 2.19. The second-order valence-corrected chi connectivity index (χ2v) is 9.21. The average molecular weight is 432 g/mol. The molecule has 1 saturated heterocycles. The van der Waals surface area contributed by atoms with E-state index in [1.165, 1.54) is 0 Å². The molecule has 10 heteroatoms. The van der Waals surface area contributed by atoms with Crippen LogP contribution in [0.5, 0.6) is 0 Å². The average Bonchev–Trinajstić information content (AvgIpc) is 2.65. The fourth-order valence-electron chi connectivity index (χ4n) is 3.52. The molecule has 1 fully saturated rings. The summed E-state index contributed by atoms with van der Waals surface area (Å²) < 4.78 is 0. The summed E-state index contributed by atoms with van der Waals surface area (Å²) in [5, 5.41) is 11.4. The van der Waals surface area contributed by atoms with Crippen molar-refractivity contribution in [3.05, 3.63) is 11.8 Å². The summed E-state index contributed by atoms with van der Waals surface area (Å²) in [6.45, 7) is 5.74. The minimum atomic E-state index is -0.674. The summed E-state index contributed by atoms with van der Waals surface area (Å²) in [6.07, 6.45) is 9.73. The van der Waals surface area contributed by atoms with Gasteiger partial charge in [0.1, 0.15) is 25.2 Å². The van der Waals surface area contributed by atoms with Gasteiger partial charge in [-0.2, -0.15) is 0 Å². The zero-order valence-corrected chi connectivity index (χ0v) is 19.0. The predicted molar refractivity (Wildman–Crippen MR) is 114 cm³/mol. The van der Waals surface area contributed by atoms with Crippen molar-refractivity contribution in [2.24, 2.45) is 4.99 Å². The number of carbonyl (C=O) groups excluding carboxylic acids is 2. The van der Waals surface area contributed by atoms with Crippen molar-refractivity contribution >= 4 is 41.0 Å². The predicted octanol–water partition coefficient (Wildman–Crippen LogP) is -1.80. The Morgan fingerprint density at radius 3 is 2.46 bits per heavy atom. The van der Waals surface area contributed by atoms with Crippen LogP contribution in [0.3, 0.4) is 0 Å². The molecule has 2 aliphatic rings. The highest BCUT2D eigenvalue weighted by atomic mass is 32.2. The van der Waals surface area contributed by atoms with E-state index in [1.54, 1.807) is 23.5 Å². The molecule has 0 aliphatic carbocycles. The molecule has 8 nitrogen and oxygen atoms in total. The van der Waals surface area contributed by atoms with E-state index in [2.05, 4.69) is 46.5 Å². The first-order chi connectivity index (χ1) is 13.4. The Kier molecular flexibility index (Phi) is 8.81. The first-order valence-corrected chi connectivity index (χ1v) is 12.4. The highest BCUT2D eigenvalue weighted by Gasteiger charge is 2.45. The van der Waals surface area contributed by atoms with Gasteiger partial charge in [0.2, 0.25) is 11.8 Å². The van der Waals surface area contributed by atoms with Crippen LogP contribution in [-0.2, 0) is 9.59 Å². The Balaban J connectivity index is 1.97. The molecule has 2 aliphatic heterocycles. The quantitative estimate of drug-likeness (QED) is 0.207. The molecule has 0 aromatic rings. The van der Waals surface area contributed by atoms with Gasteiger partial charge in [-0.05, 0) is 55.0 Å². The molecule has 0 unspecified atom stereocenters. The van der Waals surface area contributed by atoms with Crippen molar-refractivity contribution in [1.82, 2.24) is 10.6 Å². The second kappa shape index (κ2) is 10.6. The summed E-state index contributed by atoms with van der Waals surface area (Å²) in [6, 6.07) is 0. The topological polar surface area (TPSA) is 120 Å². The number of nitrogens with one attached hydrogen (secondary N) is 2. The summed E-state index contributed by atoms with van der Waals surface area (Å²) in [4.78, 5) is 29.1. The van der Waals surface area contributed by atoms with Crippen LogP contribution in [0.1, 0.15) is 46.0 Å². The lowest BCUT2D eigenvalue weighted by atomic mass is 10.1. The van der Waals surface area contributed by atoms with Gasteiger partial charge in [0.25, 0.3) is 0 Å². The van der Waals surface area contributed by atoms with Crippen LogP contribution in [0.4, 0.5) is 0 Å². The first kappa shape index (κ1) is 23.2. The molecule has 8 N–H and O–H groups in total. The van der Waals surface area contributed by atoms with Gasteiger partial charge >= 0.3 is 10.2 Å². The number of rotatable bonds is 10. The number of thioether (sulfide) groups is 2. The monoisotopic (exact) mass is 431 g/mol. The number of quaternary nitrogens is 3. The van der Waals surface area contributed by atoms with Crippen molar-refractivity contribution in [3.63, 3.8) is 0 Å². The highest BCUT2D eigenvalue weighted by molar-refractivity contribution is 7.99. The molecule has 0 aromatic heterocycles. The van der Waals surface area contributed by atoms with Crippen LogP contribution in [0.15, 0.2) is 16.8 Å². The van der Waals surface area contributed by atoms with Gasteiger partial charge in [-0.3, -0.25) is 25.5 Å². The maximum absolute atomic E-state index is 12.2. The van der Waals surface area contributed by atoms with Crippen molar-refractivity contribution in [2.75, 3.05) is 25.6 Å². The molecular weight excluding hydrogens is 396 g/mol. The van der Waals surface area contributed by atoms with Gasteiger partial charge in [0.05, 0.1) is 6.42 Å². The van der Waals surface area contributed by atoms with E-state index >= 15 is 0 Å². The summed E-state index contributed by atoms with van der Waals surface area (Å²) in [5.41, 5.74) is 2.07. The molecule has 2 rings (SSSR count). The van der Waals surface area contributed by atoms with Crippen LogP contribution in [0.2, 0.25) is 0 Å². The van der Waals surface area contributed by atoms with Gasteiger partial charge in [0, 0.05) is 5.71 Å². The number of carbonyl (C=O) groups is 2. The normalized spacial score (nSPS) is 29.4. The van der Waals surface area contributed by atoms with Crippen molar-refractivity contribution < 1.29 is 25.5 Å². The third-order valence-corrected chi connectivity index (χ3v) is 6.84. The fraction of sp³-hybridized carbons (Fsp3) is 0.722. The van der Waals surface area contributed by atoms with Gasteiger partial charge < -0.3 is 0 Å². The molecule has 2 atom stereocenters. The van der Waals surface area contributed by atoms with Crippen molar-refractivity contribution in [1.29, 1.82) is 0 Å². The van der Waals surface area contributed by atoms with E-state index in [0.717, 1.165) is 43.8 Å². The van der Waals surface area contributed by atoms with E-state index in [-0.39, 0.29) is 11.8 Å². The minimum Gasteiger partial charge on any atom is -0.290 e. The zero-order chi connectivity index (χ0) is 20.6. The number of nitrogens with zero attached hydrogens (tertiary/aromatic N) is 1. The summed E-state index contributed by atoms with van der Waals surface area (Å²) in [7, 11) is 0. The zero-order valence-electron chi connectivity index (χ0n) is 17.3. The Morgan fingerprint density at radius 1 is 1.11 bits per heavy atom. The van der Waals surface area contributed by atoms with Gasteiger partial charge in [-0.15, -0.1) is 0 Å². The summed E-state index contributed by atoms with van der Waals surface area (Å²) in [5.74, 6) is 0.0987. The molecule has 158 valence electrons. The number of hydrogen-bond donors (Lipinski definition) is 5. The number of nitrogens with two attached hydrogens (primary N) is 3. The molecule has 28 heavy (non-hydrogen) atoms. The van der Waals surface area contributed by atoms with Crippen LogP contribution in [-0.4, -0.2) is 53.4 Å². The SMILES string of the molecule is CC/C=C1\CC(=O)N[C@]([NH2+]CC[NH2+][C@@]2(SC)N=C(CCC)CC(=O)N2)(SC)[NH2+]1. The molecule has 2 amide bonds. The second-order valence-electron chi connectivity index (χ2n) is 7.09. The smallest absolute Gasteiger partial charge is 0.290 e. The summed E-state index contributed by atoms with van der Waals surface area (Å²) >= 11 is 3.17. The van der Waals surface area contributed by atoms with Crippen LogP contribution in [0, 0.1) is 0 Å². The lowest BCUT2D eigenvalue weighted by molar-refractivity contribution is -0.916. The van der Waals surface area contributed by atoms with E-state index in [4.69, 9.17) is 4.99 Å². The standard InChI is InChI=1S/C18H32N6O2S2/c1-5-7-13-11-15(25)23-17(21-13,27-3)19-9-10-20-18(28-4)22-14(8-6-2)12-16(26)24-18/h7,19-21H,5-6,8-12H2,1-4H3,(H,23,25)(H,24,26)/p+3/b13-7+/t17-,18-/m1/s1. The fourth-order valence-corrected chi connectivity index (χ4v) is 5.01. The Labute approximate surface area is 175 Å².